The average molecular weight is 367 g/mol. The number of aliphatic hydroxyl groups excluding tert-OH is 1. The fraction of sp³-hybridized carbons (Fsp3) is 0.409. The van der Waals surface area contributed by atoms with Gasteiger partial charge in [0.2, 0.25) is 0 Å². The minimum atomic E-state index is -0.974. The molecule has 1 aliphatic carbocycles. The number of aliphatic carboxylic acids is 1. The highest BCUT2D eigenvalue weighted by molar-refractivity contribution is 5.68. The minimum Gasteiger partial charge on any atom is -0.482 e. The van der Waals surface area contributed by atoms with Crippen molar-refractivity contribution in [2.75, 3.05) is 19.7 Å². The van der Waals surface area contributed by atoms with Crippen LogP contribution in [-0.4, -0.2) is 46.9 Å². The van der Waals surface area contributed by atoms with Crippen molar-refractivity contribution >= 4 is 5.97 Å². The molecule has 1 atom stereocenters. The van der Waals surface area contributed by atoms with Crippen LogP contribution in [0.25, 0.3) is 0 Å². The quantitative estimate of drug-likeness (QED) is 0.850. The summed E-state index contributed by atoms with van der Waals surface area (Å²) in [5.41, 5.74) is 3.49. The van der Waals surface area contributed by atoms with Crippen LogP contribution in [0.4, 0.5) is 0 Å². The van der Waals surface area contributed by atoms with Crippen LogP contribution in [0.3, 0.4) is 0 Å². The molecule has 4 rings (SSSR count). The number of likely N-dealkylation sites (tertiary alicyclic amines) is 1. The molecule has 0 amide bonds. The topological polar surface area (TPSA) is 70.0 Å². The molecule has 142 valence electrons. The summed E-state index contributed by atoms with van der Waals surface area (Å²) in [5, 5.41) is 19.6. The van der Waals surface area contributed by atoms with Gasteiger partial charge < -0.3 is 14.9 Å². The highest BCUT2D eigenvalue weighted by Gasteiger charge is 2.47. The summed E-state index contributed by atoms with van der Waals surface area (Å²) in [6, 6.07) is 16.0. The Morgan fingerprint density at radius 3 is 2.59 bits per heavy atom. The molecule has 1 spiro atoms. The van der Waals surface area contributed by atoms with E-state index in [1.54, 1.807) is 0 Å². The number of piperidine rings is 1. The fourth-order valence-electron chi connectivity index (χ4n) is 4.64. The summed E-state index contributed by atoms with van der Waals surface area (Å²) >= 11 is 0. The van der Waals surface area contributed by atoms with Gasteiger partial charge in [-0.15, -0.1) is 0 Å². The van der Waals surface area contributed by atoms with Crippen LogP contribution in [0.2, 0.25) is 0 Å². The van der Waals surface area contributed by atoms with Crippen molar-refractivity contribution in [2.24, 2.45) is 0 Å². The van der Waals surface area contributed by atoms with Gasteiger partial charge in [-0.1, -0.05) is 42.5 Å². The van der Waals surface area contributed by atoms with E-state index >= 15 is 0 Å². The first-order valence-corrected chi connectivity index (χ1v) is 9.50. The standard InChI is InChI=1S/C22H25NO4/c24-20-13-16-5-1-3-7-18(16)22(20)9-11-23(12-10-22)14-17-6-2-4-8-19(17)27-15-21(25)26/h1-8,20,24H,9-15H2,(H,25,26)/t20-/m1/s1. The molecule has 2 N–H and O–H groups in total. The van der Waals surface area contributed by atoms with Gasteiger partial charge in [0, 0.05) is 17.5 Å². The number of benzene rings is 2. The molecule has 2 aliphatic rings. The van der Waals surface area contributed by atoms with Crippen LogP contribution in [0.15, 0.2) is 48.5 Å². The second-order valence-electron chi connectivity index (χ2n) is 7.60. The van der Waals surface area contributed by atoms with Crippen molar-refractivity contribution in [3.05, 3.63) is 65.2 Å². The first-order chi connectivity index (χ1) is 13.1. The van der Waals surface area contributed by atoms with Gasteiger partial charge in [-0.25, -0.2) is 4.79 Å². The molecule has 2 aromatic carbocycles. The summed E-state index contributed by atoms with van der Waals surface area (Å²) in [6.07, 6.45) is 2.32. The Bertz CT molecular complexity index is 827. The summed E-state index contributed by atoms with van der Waals surface area (Å²) in [5.74, 6) is -0.343. The van der Waals surface area contributed by atoms with Gasteiger partial charge in [0.1, 0.15) is 5.75 Å². The number of ether oxygens (including phenoxy) is 1. The smallest absolute Gasteiger partial charge is 0.341 e. The van der Waals surface area contributed by atoms with Crippen molar-refractivity contribution in [1.29, 1.82) is 0 Å². The van der Waals surface area contributed by atoms with E-state index < -0.39 is 5.97 Å². The number of fused-ring (bicyclic) bond motifs is 2. The molecule has 0 unspecified atom stereocenters. The second-order valence-corrected chi connectivity index (χ2v) is 7.60. The van der Waals surface area contributed by atoms with Gasteiger partial charge in [-0.3, -0.25) is 4.90 Å². The molecular weight excluding hydrogens is 342 g/mol. The number of carboxylic acids is 1. The van der Waals surface area contributed by atoms with Gasteiger partial charge in [0.25, 0.3) is 0 Å². The van der Waals surface area contributed by atoms with E-state index in [0.29, 0.717) is 5.75 Å². The molecule has 1 fully saturated rings. The number of carbonyl (C=O) groups is 1. The SMILES string of the molecule is O=C(O)COc1ccccc1CN1CCC2(CC1)c1ccccc1C[C@H]2O. The third-order valence-electron chi connectivity index (χ3n) is 6.07. The lowest BCUT2D eigenvalue weighted by Gasteiger charge is -2.42. The third kappa shape index (κ3) is 3.45. The first-order valence-electron chi connectivity index (χ1n) is 9.50. The lowest BCUT2D eigenvalue weighted by atomic mass is 9.72. The predicted octanol–water partition coefficient (Wildman–Crippen LogP) is 2.60. The normalized spacial score (nSPS) is 21.1. The molecule has 5 heteroatoms. The summed E-state index contributed by atoms with van der Waals surface area (Å²) in [6.45, 7) is 2.20. The highest BCUT2D eigenvalue weighted by atomic mass is 16.5. The zero-order valence-electron chi connectivity index (χ0n) is 15.3. The Labute approximate surface area is 159 Å². The summed E-state index contributed by atoms with van der Waals surface area (Å²) in [4.78, 5) is 13.2. The molecule has 2 aromatic rings. The number of carboxylic acid groups (broad SMARTS) is 1. The zero-order valence-corrected chi connectivity index (χ0v) is 15.3. The van der Waals surface area contributed by atoms with Gasteiger partial charge in [-0.2, -0.15) is 0 Å². The number of aliphatic hydroxyl groups is 1. The highest BCUT2D eigenvalue weighted by Crippen LogP contribution is 2.46. The predicted molar refractivity (Wildman–Crippen MR) is 102 cm³/mol. The maximum atomic E-state index is 10.8. The monoisotopic (exact) mass is 367 g/mol. The largest absolute Gasteiger partial charge is 0.482 e. The lowest BCUT2D eigenvalue weighted by Crippen LogP contribution is -2.47. The third-order valence-corrected chi connectivity index (χ3v) is 6.07. The molecule has 1 heterocycles. The van der Waals surface area contributed by atoms with Gasteiger partial charge >= 0.3 is 5.97 Å². The summed E-state index contributed by atoms with van der Waals surface area (Å²) in [7, 11) is 0. The molecule has 27 heavy (non-hydrogen) atoms. The molecule has 1 saturated heterocycles. The Kier molecular flexibility index (Phi) is 4.89. The van der Waals surface area contributed by atoms with Crippen LogP contribution in [0.5, 0.6) is 5.75 Å². The number of hydrogen-bond donors (Lipinski definition) is 2. The Hall–Kier alpha value is -2.37. The van der Waals surface area contributed by atoms with Crippen LogP contribution in [-0.2, 0) is 23.2 Å². The number of hydrogen-bond acceptors (Lipinski definition) is 4. The van der Waals surface area contributed by atoms with Crippen LogP contribution < -0.4 is 4.74 Å². The minimum absolute atomic E-state index is 0.119. The maximum absolute atomic E-state index is 10.8. The van der Waals surface area contributed by atoms with Crippen LogP contribution in [0, 0.1) is 0 Å². The molecule has 0 saturated carbocycles. The van der Waals surface area contributed by atoms with E-state index in [9.17, 15) is 9.90 Å². The van der Waals surface area contributed by atoms with Crippen molar-refractivity contribution in [3.63, 3.8) is 0 Å². The van der Waals surface area contributed by atoms with E-state index in [0.717, 1.165) is 44.5 Å². The lowest BCUT2D eigenvalue weighted by molar-refractivity contribution is -0.139. The second kappa shape index (κ2) is 7.33. The van der Waals surface area contributed by atoms with Gasteiger partial charge in [0.15, 0.2) is 6.61 Å². The van der Waals surface area contributed by atoms with Gasteiger partial charge in [0.05, 0.1) is 6.10 Å². The maximum Gasteiger partial charge on any atom is 0.341 e. The molecule has 0 radical (unpaired) electrons. The van der Waals surface area contributed by atoms with Crippen molar-refractivity contribution in [2.45, 2.75) is 37.3 Å². The van der Waals surface area contributed by atoms with Crippen LogP contribution >= 0.6 is 0 Å². The van der Waals surface area contributed by atoms with E-state index in [2.05, 4.69) is 23.1 Å². The number of rotatable bonds is 5. The molecule has 0 bridgehead atoms. The van der Waals surface area contributed by atoms with Crippen molar-refractivity contribution < 1.29 is 19.7 Å². The van der Waals surface area contributed by atoms with E-state index in [1.165, 1.54) is 11.1 Å². The molecular formula is C22H25NO4. The van der Waals surface area contributed by atoms with E-state index in [-0.39, 0.29) is 18.1 Å². The van der Waals surface area contributed by atoms with Gasteiger partial charge in [-0.05, 0) is 49.5 Å². The first kappa shape index (κ1) is 18.0. The fourth-order valence-corrected chi connectivity index (χ4v) is 4.64. The summed E-state index contributed by atoms with van der Waals surface area (Å²) < 4.78 is 5.43. The molecule has 5 nitrogen and oxygen atoms in total. The van der Waals surface area contributed by atoms with E-state index in [4.69, 9.17) is 9.84 Å². The van der Waals surface area contributed by atoms with E-state index in [1.807, 2.05) is 30.3 Å². The zero-order chi connectivity index (χ0) is 18.9. The average Bonchev–Trinajstić information content (AvgIpc) is 2.94. The van der Waals surface area contributed by atoms with Crippen LogP contribution in [0.1, 0.15) is 29.5 Å². The number of para-hydroxylation sites is 1. The Balaban J connectivity index is 1.45. The van der Waals surface area contributed by atoms with Crippen molar-refractivity contribution in [3.8, 4) is 5.75 Å². The molecule has 0 aromatic heterocycles. The Morgan fingerprint density at radius 1 is 1.11 bits per heavy atom. The number of nitrogens with zero attached hydrogens (tertiary/aromatic N) is 1. The van der Waals surface area contributed by atoms with Crippen molar-refractivity contribution in [1.82, 2.24) is 4.90 Å². The Morgan fingerprint density at radius 2 is 1.81 bits per heavy atom. The molecule has 1 aliphatic heterocycles.